The lowest BCUT2D eigenvalue weighted by molar-refractivity contribution is -0.117. The Morgan fingerprint density at radius 2 is 1.61 bits per heavy atom. The van der Waals surface area contributed by atoms with Crippen molar-refractivity contribution in [1.29, 1.82) is 0 Å². The molecule has 92 valence electrons. The largest absolute Gasteiger partial charge is 0.325 e. The number of amides is 1. The first-order chi connectivity index (χ1) is 8.68. The molecule has 0 radical (unpaired) electrons. The molecule has 0 unspecified atom stereocenters. The van der Waals surface area contributed by atoms with Crippen LogP contribution in [0.5, 0.6) is 0 Å². The Kier molecular flexibility index (Phi) is 3.78. The molecule has 0 aromatic heterocycles. The fourth-order valence-corrected chi connectivity index (χ4v) is 1.85. The monoisotopic (exact) mass is 239 g/mol. The Morgan fingerprint density at radius 1 is 1.00 bits per heavy atom. The Bertz CT molecular complexity index is 534. The first kappa shape index (κ1) is 12.4. The normalized spacial score (nSPS) is 11.9. The molecule has 2 heteroatoms. The molecule has 0 spiro atoms. The van der Waals surface area contributed by atoms with Gasteiger partial charge in [-0.1, -0.05) is 48.5 Å². The van der Waals surface area contributed by atoms with E-state index in [-0.39, 0.29) is 11.8 Å². The summed E-state index contributed by atoms with van der Waals surface area (Å²) in [6.07, 6.45) is 0. The molecule has 0 aliphatic heterocycles. The van der Waals surface area contributed by atoms with Crippen LogP contribution in [0.25, 0.3) is 0 Å². The average molecular weight is 239 g/mol. The molecule has 2 rings (SSSR count). The van der Waals surface area contributed by atoms with Crippen molar-refractivity contribution in [1.82, 2.24) is 0 Å². The Morgan fingerprint density at radius 3 is 2.28 bits per heavy atom. The topological polar surface area (TPSA) is 29.1 Å². The van der Waals surface area contributed by atoms with Gasteiger partial charge in [0.2, 0.25) is 5.91 Å². The van der Waals surface area contributed by atoms with Crippen LogP contribution in [-0.4, -0.2) is 5.91 Å². The van der Waals surface area contributed by atoms with Gasteiger partial charge in [0.1, 0.15) is 0 Å². The third-order valence-electron chi connectivity index (χ3n) is 3.10. The van der Waals surface area contributed by atoms with E-state index in [9.17, 15) is 4.79 Å². The summed E-state index contributed by atoms with van der Waals surface area (Å²) in [5.74, 6) is -0.124. The predicted molar refractivity (Wildman–Crippen MR) is 74.7 cm³/mol. The molecule has 1 atom stereocenters. The number of para-hydroxylation sites is 1. The minimum Gasteiger partial charge on any atom is -0.325 e. The summed E-state index contributed by atoms with van der Waals surface area (Å²) >= 11 is 0. The quantitative estimate of drug-likeness (QED) is 0.868. The average Bonchev–Trinajstić information content (AvgIpc) is 2.41. The number of rotatable bonds is 3. The SMILES string of the molecule is Cc1ccccc1NC(=O)[C@@H](C)c1ccccc1. The van der Waals surface area contributed by atoms with Crippen molar-refractivity contribution in [3.8, 4) is 0 Å². The molecule has 0 aliphatic carbocycles. The molecule has 0 bridgehead atoms. The summed E-state index contributed by atoms with van der Waals surface area (Å²) in [6.45, 7) is 3.91. The van der Waals surface area contributed by atoms with E-state index in [1.807, 2.05) is 68.4 Å². The van der Waals surface area contributed by atoms with E-state index in [0.717, 1.165) is 16.8 Å². The van der Waals surface area contributed by atoms with Gasteiger partial charge in [-0.3, -0.25) is 4.79 Å². The zero-order valence-electron chi connectivity index (χ0n) is 10.7. The van der Waals surface area contributed by atoms with E-state index in [2.05, 4.69) is 5.32 Å². The molecular weight excluding hydrogens is 222 g/mol. The lowest BCUT2D eigenvalue weighted by Crippen LogP contribution is -2.19. The molecule has 18 heavy (non-hydrogen) atoms. The van der Waals surface area contributed by atoms with E-state index in [4.69, 9.17) is 0 Å². The third-order valence-corrected chi connectivity index (χ3v) is 3.10. The van der Waals surface area contributed by atoms with Gasteiger partial charge in [-0.15, -0.1) is 0 Å². The smallest absolute Gasteiger partial charge is 0.231 e. The van der Waals surface area contributed by atoms with Crippen molar-refractivity contribution in [2.45, 2.75) is 19.8 Å². The van der Waals surface area contributed by atoms with Crippen molar-refractivity contribution < 1.29 is 4.79 Å². The van der Waals surface area contributed by atoms with Crippen LogP contribution in [0.1, 0.15) is 24.0 Å². The van der Waals surface area contributed by atoms with Gasteiger partial charge in [-0.05, 0) is 31.0 Å². The van der Waals surface area contributed by atoms with Gasteiger partial charge in [0, 0.05) is 5.69 Å². The standard InChI is InChI=1S/C16H17NO/c1-12-8-6-7-11-15(12)17-16(18)13(2)14-9-4-3-5-10-14/h3-11,13H,1-2H3,(H,17,18)/t13-/m0/s1. The summed E-state index contributed by atoms with van der Waals surface area (Å²) in [4.78, 5) is 12.2. The molecular formula is C16H17NO. The van der Waals surface area contributed by atoms with E-state index in [1.54, 1.807) is 0 Å². The van der Waals surface area contributed by atoms with Crippen LogP contribution < -0.4 is 5.32 Å². The Labute approximate surface area is 108 Å². The van der Waals surface area contributed by atoms with Crippen molar-refractivity contribution in [2.75, 3.05) is 5.32 Å². The number of anilines is 1. The minimum atomic E-state index is -0.147. The van der Waals surface area contributed by atoms with Crippen LogP contribution in [-0.2, 0) is 4.79 Å². The Balaban J connectivity index is 2.12. The van der Waals surface area contributed by atoms with Crippen molar-refractivity contribution in [3.05, 3.63) is 65.7 Å². The van der Waals surface area contributed by atoms with Crippen LogP contribution in [0.2, 0.25) is 0 Å². The molecule has 2 aromatic rings. The summed E-state index contributed by atoms with van der Waals surface area (Å²) in [7, 11) is 0. The highest BCUT2D eigenvalue weighted by Gasteiger charge is 2.15. The molecule has 0 saturated heterocycles. The van der Waals surface area contributed by atoms with E-state index < -0.39 is 0 Å². The highest BCUT2D eigenvalue weighted by atomic mass is 16.1. The zero-order valence-corrected chi connectivity index (χ0v) is 10.7. The van der Waals surface area contributed by atoms with Gasteiger partial charge >= 0.3 is 0 Å². The van der Waals surface area contributed by atoms with Crippen LogP contribution >= 0.6 is 0 Å². The minimum absolute atomic E-state index is 0.0236. The number of carbonyl (C=O) groups is 1. The fourth-order valence-electron chi connectivity index (χ4n) is 1.85. The molecule has 0 heterocycles. The van der Waals surface area contributed by atoms with Crippen LogP contribution in [0.15, 0.2) is 54.6 Å². The van der Waals surface area contributed by atoms with Crippen molar-refractivity contribution in [3.63, 3.8) is 0 Å². The highest BCUT2D eigenvalue weighted by Crippen LogP contribution is 2.19. The summed E-state index contributed by atoms with van der Waals surface area (Å²) in [6, 6.07) is 17.6. The molecule has 1 amide bonds. The van der Waals surface area contributed by atoms with Crippen LogP contribution in [0.4, 0.5) is 5.69 Å². The van der Waals surface area contributed by atoms with Gasteiger partial charge in [0.25, 0.3) is 0 Å². The van der Waals surface area contributed by atoms with Crippen molar-refractivity contribution in [2.24, 2.45) is 0 Å². The molecule has 0 aliphatic rings. The highest BCUT2D eigenvalue weighted by molar-refractivity contribution is 5.96. The number of hydrogen-bond donors (Lipinski definition) is 1. The number of aryl methyl sites for hydroxylation is 1. The predicted octanol–water partition coefficient (Wildman–Crippen LogP) is 3.74. The Hall–Kier alpha value is -2.09. The maximum Gasteiger partial charge on any atom is 0.231 e. The molecule has 2 nitrogen and oxygen atoms in total. The van der Waals surface area contributed by atoms with Crippen LogP contribution in [0, 0.1) is 6.92 Å². The number of benzene rings is 2. The number of hydrogen-bond acceptors (Lipinski definition) is 1. The second-order valence-electron chi connectivity index (χ2n) is 4.44. The van der Waals surface area contributed by atoms with Gasteiger partial charge in [0.15, 0.2) is 0 Å². The van der Waals surface area contributed by atoms with Crippen molar-refractivity contribution >= 4 is 11.6 Å². The second-order valence-corrected chi connectivity index (χ2v) is 4.44. The molecule has 1 N–H and O–H groups in total. The third kappa shape index (κ3) is 2.77. The van der Waals surface area contributed by atoms with Gasteiger partial charge in [0.05, 0.1) is 5.92 Å². The molecule has 0 saturated carbocycles. The molecule has 0 fully saturated rings. The number of carbonyl (C=O) groups excluding carboxylic acids is 1. The van der Waals surface area contributed by atoms with Gasteiger partial charge < -0.3 is 5.32 Å². The van der Waals surface area contributed by atoms with E-state index in [0.29, 0.717) is 0 Å². The number of nitrogens with one attached hydrogen (secondary N) is 1. The summed E-state index contributed by atoms with van der Waals surface area (Å²) in [5, 5.41) is 2.97. The fraction of sp³-hybridized carbons (Fsp3) is 0.188. The zero-order chi connectivity index (χ0) is 13.0. The van der Waals surface area contributed by atoms with E-state index in [1.165, 1.54) is 0 Å². The maximum absolute atomic E-state index is 12.2. The first-order valence-corrected chi connectivity index (χ1v) is 6.10. The van der Waals surface area contributed by atoms with Gasteiger partial charge in [-0.2, -0.15) is 0 Å². The molecule has 2 aromatic carbocycles. The first-order valence-electron chi connectivity index (χ1n) is 6.10. The maximum atomic E-state index is 12.2. The summed E-state index contributed by atoms with van der Waals surface area (Å²) < 4.78 is 0. The second kappa shape index (κ2) is 5.50. The van der Waals surface area contributed by atoms with E-state index >= 15 is 0 Å². The van der Waals surface area contributed by atoms with Crippen LogP contribution in [0.3, 0.4) is 0 Å². The lowest BCUT2D eigenvalue weighted by atomic mass is 10.0. The van der Waals surface area contributed by atoms with Gasteiger partial charge in [-0.25, -0.2) is 0 Å². The lowest BCUT2D eigenvalue weighted by Gasteiger charge is -2.13. The summed E-state index contributed by atoms with van der Waals surface area (Å²) in [5.41, 5.74) is 2.99.